The van der Waals surface area contributed by atoms with Crippen LogP contribution in [0.1, 0.15) is 5.56 Å². The monoisotopic (exact) mass is 379 g/mol. The van der Waals surface area contributed by atoms with Crippen LogP contribution in [-0.2, 0) is 0 Å². The van der Waals surface area contributed by atoms with E-state index in [0.29, 0.717) is 27.4 Å². The number of hydrogen-bond donors (Lipinski definition) is 2. The van der Waals surface area contributed by atoms with E-state index in [1.54, 1.807) is 51.8 Å². The Balaban J connectivity index is 2.05. The number of hydrazone groups is 1. The Morgan fingerprint density at radius 3 is 2.32 bits per heavy atom. The van der Waals surface area contributed by atoms with Crippen molar-refractivity contribution in [2.75, 3.05) is 26.6 Å². The van der Waals surface area contributed by atoms with Gasteiger partial charge in [-0.15, -0.1) is 0 Å². The number of nitrogens with zero attached hydrogens (tertiary/aromatic N) is 1. The molecule has 2 aromatic rings. The minimum atomic E-state index is 0.339. The normalized spacial score (nSPS) is 10.4. The third kappa shape index (κ3) is 5.23. The van der Waals surface area contributed by atoms with Crippen molar-refractivity contribution in [3.63, 3.8) is 0 Å². The molecule has 8 heteroatoms. The number of methoxy groups -OCH3 is 3. The van der Waals surface area contributed by atoms with Crippen LogP contribution in [0.25, 0.3) is 0 Å². The summed E-state index contributed by atoms with van der Waals surface area (Å²) in [6, 6.07) is 10.8. The zero-order valence-electron chi connectivity index (χ0n) is 14.0. The van der Waals surface area contributed by atoms with Crippen molar-refractivity contribution in [1.82, 2.24) is 5.43 Å². The highest BCUT2D eigenvalue weighted by Crippen LogP contribution is 2.37. The Morgan fingerprint density at radius 2 is 1.76 bits per heavy atom. The van der Waals surface area contributed by atoms with Gasteiger partial charge in [0.1, 0.15) is 0 Å². The van der Waals surface area contributed by atoms with Gasteiger partial charge in [-0.25, -0.2) is 0 Å². The first kappa shape index (κ1) is 18.8. The first-order valence-corrected chi connectivity index (χ1v) is 8.01. The zero-order valence-corrected chi connectivity index (χ0v) is 15.6. The lowest BCUT2D eigenvalue weighted by molar-refractivity contribution is 0.324. The summed E-state index contributed by atoms with van der Waals surface area (Å²) >= 11 is 11.1. The third-order valence-electron chi connectivity index (χ3n) is 3.15. The van der Waals surface area contributed by atoms with Gasteiger partial charge in [0.15, 0.2) is 16.6 Å². The Morgan fingerprint density at radius 1 is 1.08 bits per heavy atom. The molecule has 2 aromatic carbocycles. The fraction of sp³-hybridized carbons (Fsp3) is 0.176. The second kappa shape index (κ2) is 9.10. The highest BCUT2D eigenvalue weighted by atomic mass is 35.5. The lowest BCUT2D eigenvalue weighted by Gasteiger charge is -2.12. The van der Waals surface area contributed by atoms with Crippen molar-refractivity contribution < 1.29 is 14.2 Å². The zero-order chi connectivity index (χ0) is 18.2. The number of halogens is 1. The summed E-state index contributed by atoms with van der Waals surface area (Å²) in [5.41, 5.74) is 4.26. The highest BCUT2D eigenvalue weighted by Gasteiger charge is 2.12. The molecule has 0 aromatic heterocycles. The molecule has 0 fully saturated rings. The predicted molar refractivity (Wildman–Crippen MR) is 105 cm³/mol. The van der Waals surface area contributed by atoms with Crippen LogP contribution in [0.15, 0.2) is 41.5 Å². The topological polar surface area (TPSA) is 64.1 Å². The Labute approximate surface area is 156 Å². The molecule has 2 N–H and O–H groups in total. The Kier molecular flexibility index (Phi) is 6.85. The van der Waals surface area contributed by atoms with E-state index in [4.69, 9.17) is 38.0 Å². The molecule has 0 saturated carbocycles. The van der Waals surface area contributed by atoms with Gasteiger partial charge < -0.3 is 19.5 Å². The van der Waals surface area contributed by atoms with Gasteiger partial charge in [-0.05, 0) is 42.5 Å². The maximum Gasteiger partial charge on any atom is 0.203 e. The second-order valence-corrected chi connectivity index (χ2v) is 5.64. The van der Waals surface area contributed by atoms with E-state index in [2.05, 4.69) is 15.8 Å². The molecule has 0 radical (unpaired) electrons. The molecule has 0 aliphatic rings. The fourth-order valence-corrected chi connectivity index (χ4v) is 2.43. The van der Waals surface area contributed by atoms with Gasteiger partial charge in [0.2, 0.25) is 5.75 Å². The van der Waals surface area contributed by atoms with Crippen LogP contribution in [0.4, 0.5) is 5.69 Å². The van der Waals surface area contributed by atoms with Gasteiger partial charge in [-0.1, -0.05) is 17.7 Å². The number of benzene rings is 2. The highest BCUT2D eigenvalue weighted by molar-refractivity contribution is 7.80. The molecule has 25 heavy (non-hydrogen) atoms. The first-order chi connectivity index (χ1) is 12.1. The van der Waals surface area contributed by atoms with E-state index in [1.807, 2.05) is 12.1 Å². The number of anilines is 1. The van der Waals surface area contributed by atoms with Gasteiger partial charge in [-0.2, -0.15) is 5.10 Å². The maximum absolute atomic E-state index is 5.93. The molecule has 0 bridgehead atoms. The van der Waals surface area contributed by atoms with Crippen LogP contribution in [-0.4, -0.2) is 32.7 Å². The molecule has 2 rings (SSSR count). The van der Waals surface area contributed by atoms with Crippen LogP contribution in [0.3, 0.4) is 0 Å². The average molecular weight is 380 g/mol. The Bertz CT molecular complexity index is 758. The van der Waals surface area contributed by atoms with Crippen molar-refractivity contribution in [1.29, 1.82) is 0 Å². The maximum atomic E-state index is 5.93. The van der Waals surface area contributed by atoms with Gasteiger partial charge in [0, 0.05) is 16.3 Å². The molecule has 0 unspecified atom stereocenters. The standard InChI is InChI=1S/C17H18ClN3O3S/c1-22-14-7-11(8-15(23-2)16(14)24-3)10-19-21-17(25)20-13-6-4-5-12(18)9-13/h4-10H,1-3H3,(H2,20,21,25)/b19-10-. The van der Waals surface area contributed by atoms with Crippen molar-refractivity contribution in [2.45, 2.75) is 0 Å². The van der Waals surface area contributed by atoms with Crippen LogP contribution in [0.5, 0.6) is 17.2 Å². The van der Waals surface area contributed by atoms with E-state index < -0.39 is 0 Å². The molecule has 0 aliphatic heterocycles. The summed E-state index contributed by atoms with van der Waals surface area (Å²) in [6.45, 7) is 0. The van der Waals surface area contributed by atoms with E-state index in [1.165, 1.54) is 0 Å². The van der Waals surface area contributed by atoms with Gasteiger partial charge in [-0.3, -0.25) is 5.43 Å². The molecular formula is C17H18ClN3O3S. The SMILES string of the molecule is COc1cc(/C=N\NC(=S)Nc2cccc(Cl)c2)cc(OC)c1OC. The van der Waals surface area contributed by atoms with E-state index >= 15 is 0 Å². The van der Waals surface area contributed by atoms with Crippen LogP contribution >= 0.6 is 23.8 Å². The molecule has 132 valence electrons. The predicted octanol–water partition coefficient (Wildman–Crippen LogP) is 3.69. The van der Waals surface area contributed by atoms with Gasteiger partial charge in [0.05, 0.1) is 27.5 Å². The summed E-state index contributed by atoms with van der Waals surface area (Å²) < 4.78 is 15.9. The quantitative estimate of drug-likeness (QED) is 0.453. The lowest BCUT2D eigenvalue weighted by Crippen LogP contribution is -2.23. The number of hydrogen-bond acceptors (Lipinski definition) is 5. The smallest absolute Gasteiger partial charge is 0.203 e. The molecule has 0 atom stereocenters. The Hall–Kier alpha value is -2.51. The molecule has 0 spiro atoms. The first-order valence-electron chi connectivity index (χ1n) is 7.23. The molecule has 0 amide bonds. The molecule has 0 saturated heterocycles. The molecule has 0 aliphatic carbocycles. The molecule has 0 heterocycles. The lowest BCUT2D eigenvalue weighted by atomic mass is 10.2. The summed E-state index contributed by atoms with van der Waals surface area (Å²) in [7, 11) is 4.66. The van der Waals surface area contributed by atoms with E-state index in [9.17, 15) is 0 Å². The summed E-state index contributed by atoms with van der Waals surface area (Å²) in [4.78, 5) is 0. The average Bonchev–Trinajstić information content (AvgIpc) is 2.60. The summed E-state index contributed by atoms with van der Waals surface area (Å²) in [5.74, 6) is 1.61. The van der Waals surface area contributed by atoms with Crippen molar-refractivity contribution in [2.24, 2.45) is 5.10 Å². The summed E-state index contributed by atoms with van der Waals surface area (Å²) in [5, 5.41) is 8.05. The number of ether oxygens (including phenoxy) is 3. The minimum absolute atomic E-state index is 0.339. The molecule has 6 nitrogen and oxygen atoms in total. The van der Waals surface area contributed by atoms with Gasteiger partial charge in [0.25, 0.3) is 0 Å². The number of thiocarbonyl (C=S) groups is 1. The summed E-state index contributed by atoms with van der Waals surface area (Å²) in [6.07, 6.45) is 1.59. The van der Waals surface area contributed by atoms with Crippen LogP contribution in [0, 0.1) is 0 Å². The van der Waals surface area contributed by atoms with Crippen LogP contribution < -0.4 is 25.0 Å². The largest absolute Gasteiger partial charge is 0.493 e. The van der Waals surface area contributed by atoms with E-state index in [0.717, 1.165) is 11.3 Å². The fourth-order valence-electron chi connectivity index (χ4n) is 2.07. The third-order valence-corrected chi connectivity index (χ3v) is 3.58. The minimum Gasteiger partial charge on any atom is -0.493 e. The molecular weight excluding hydrogens is 362 g/mol. The van der Waals surface area contributed by atoms with Crippen molar-refractivity contribution in [3.05, 3.63) is 47.0 Å². The second-order valence-electron chi connectivity index (χ2n) is 4.79. The number of rotatable bonds is 6. The number of nitrogens with one attached hydrogen (secondary N) is 2. The van der Waals surface area contributed by atoms with Gasteiger partial charge >= 0.3 is 0 Å². The van der Waals surface area contributed by atoms with Crippen molar-refractivity contribution in [3.8, 4) is 17.2 Å². The van der Waals surface area contributed by atoms with E-state index in [-0.39, 0.29) is 0 Å². The van der Waals surface area contributed by atoms with Crippen molar-refractivity contribution >= 4 is 40.8 Å². The van der Waals surface area contributed by atoms with Crippen LogP contribution in [0.2, 0.25) is 5.02 Å².